The van der Waals surface area contributed by atoms with Crippen LogP contribution in [0.2, 0.25) is 0 Å². The Bertz CT molecular complexity index is 752. The van der Waals surface area contributed by atoms with Crippen molar-refractivity contribution in [3.05, 3.63) is 64.7 Å². The number of rotatable bonds is 5. The van der Waals surface area contributed by atoms with E-state index < -0.39 is 7.12 Å². The maximum Gasteiger partial charge on any atom is 0.488 e. The Morgan fingerprint density at radius 3 is 2.38 bits per heavy atom. The fourth-order valence-corrected chi connectivity index (χ4v) is 3.70. The van der Waals surface area contributed by atoms with E-state index in [1.54, 1.807) is 12.1 Å². The minimum Gasteiger partial charge on any atom is -0.423 e. The Labute approximate surface area is 155 Å². The maximum absolute atomic E-state index is 12.4. The second kappa shape index (κ2) is 8.52. The summed E-state index contributed by atoms with van der Waals surface area (Å²) in [5.41, 5.74) is 4.35. The van der Waals surface area contributed by atoms with Gasteiger partial charge in [-0.05, 0) is 60.0 Å². The number of hydrogen-bond donors (Lipinski definition) is 3. The van der Waals surface area contributed by atoms with Gasteiger partial charge in [-0.2, -0.15) is 0 Å². The highest BCUT2D eigenvalue weighted by Crippen LogP contribution is 2.32. The monoisotopic (exact) mass is 351 g/mol. The van der Waals surface area contributed by atoms with Crippen LogP contribution in [0.25, 0.3) is 0 Å². The van der Waals surface area contributed by atoms with E-state index in [1.165, 1.54) is 37.7 Å². The van der Waals surface area contributed by atoms with Crippen molar-refractivity contribution >= 4 is 18.5 Å². The fraction of sp³-hybridized carbons (Fsp3) is 0.381. The summed E-state index contributed by atoms with van der Waals surface area (Å²) in [6.45, 7) is 2.31. The van der Waals surface area contributed by atoms with E-state index in [2.05, 4.69) is 17.4 Å². The number of amides is 1. The van der Waals surface area contributed by atoms with Crippen molar-refractivity contribution in [2.75, 3.05) is 0 Å². The van der Waals surface area contributed by atoms with Gasteiger partial charge in [0.05, 0.1) is 0 Å². The minimum atomic E-state index is -1.47. The highest BCUT2D eigenvalue weighted by Gasteiger charge is 2.16. The van der Waals surface area contributed by atoms with Crippen molar-refractivity contribution in [3.63, 3.8) is 0 Å². The summed E-state index contributed by atoms with van der Waals surface area (Å²) >= 11 is 0. The molecule has 0 radical (unpaired) electrons. The van der Waals surface area contributed by atoms with E-state index in [0.717, 1.165) is 11.1 Å². The molecule has 136 valence electrons. The molecule has 0 heterocycles. The standard InChI is InChI=1S/C21H26BNO3/c1-15-13-20(22(25)26)12-11-19(15)14-23-21(24)18-9-7-17(8-10-18)16-5-3-2-4-6-16/h7-13,16,25-26H,2-6,14H2,1H3,(H,23,24). The molecular formula is C21H26BNO3. The molecule has 0 aliphatic heterocycles. The Balaban J connectivity index is 1.59. The van der Waals surface area contributed by atoms with Crippen LogP contribution < -0.4 is 10.8 Å². The van der Waals surface area contributed by atoms with E-state index in [-0.39, 0.29) is 5.91 Å². The number of carbonyl (C=O) groups is 1. The summed E-state index contributed by atoms with van der Waals surface area (Å²) in [6.07, 6.45) is 6.46. The van der Waals surface area contributed by atoms with Gasteiger partial charge in [0.25, 0.3) is 5.91 Å². The molecule has 0 aromatic heterocycles. The molecular weight excluding hydrogens is 325 g/mol. The van der Waals surface area contributed by atoms with Crippen LogP contribution >= 0.6 is 0 Å². The van der Waals surface area contributed by atoms with Crippen LogP contribution in [0.1, 0.15) is 65.1 Å². The fourth-order valence-electron chi connectivity index (χ4n) is 3.70. The molecule has 3 N–H and O–H groups in total. The van der Waals surface area contributed by atoms with Gasteiger partial charge in [-0.3, -0.25) is 4.79 Å². The molecule has 0 spiro atoms. The largest absolute Gasteiger partial charge is 0.488 e. The van der Waals surface area contributed by atoms with Gasteiger partial charge in [0.1, 0.15) is 0 Å². The minimum absolute atomic E-state index is 0.0918. The molecule has 0 atom stereocenters. The molecule has 2 aromatic rings. The molecule has 1 amide bonds. The third-order valence-electron chi connectivity index (χ3n) is 5.35. The Morgan fingerprint density at radius 2 is 1.77 bits per heavy atom. The van der Waals surface area contributed by atoms with Crippen molar-refractivity contribution in [1.82, 2.24) is 5.32 Å². The molecule has 0 bridgehead atoms. The summed E-state index contributed by atoms with van der Waals surface area (Å²) in [4.78, 5) is 12.4. The number of nitrogens with one attached hydrogen (secondary N) is 1. The van der Waals surface area contributed by atoms with Crippen molar-refractivity contribution in [1.29, 1.82) is 0 Å². The zero-order valence-corrected chi connectivity index (χ0v) is 15.2. The third-order valence-corrected chi connectivity index (χ3v) is 5.35. The maximum atomic E-state index is 12.4. The molecule has 1 aliphatic carbocycles. The van der Waals surface area contributed by atoms with Gasteiger partial charge in [-0.25, -0.2) is 0 Å². The topological polar surface area (TPSA) is 69.6 Å². The predicted molar refractivity (Wildman–Crippen MR) is 104 cm³/mol. The highest BCUT2D eigenvalue weighted by molar-refractivity contribution is 6.58. The second-order valence-electron chi connectivity index (χ2n) is 7.20. The summed E-state index contributed by atoms with van der Waals surface area (Å²) in [5, 5.41) is 21.4. The van der Waals surface area contributed by atoms with Gasteiger partial charge in [0.15, 0.2) is 0 Å². The number of aryl methyl sites for hydroxylation is 1. The molecule has 1 aliphatic rings. The van der Waals surface area contributed by atoms with Crippen molar-refractivity contribution < 1.29 is 14.8 Å². The summed E-state index contributed by atoms with van der Waals surface area (Å²) in [6, 6.07) is 13.2. The summed E-state index contributed by atoms with van der Waals surface area (Å²) in [5.74, 6) is 0.551. The predicted octanol–water partition coefficient (Wildman–Crippen LogP) is 2.65. The van der Waals surface area contributed by atoms with E-state index in [0.29, 0.717) is 23.5 Å². The summed E-state index contributed by atoms with van der Waals surface area (Å²) < 4.78 is 0. The molecule has 3 rings (SSSR count). The van der Waals surface area contributed by atoms with Crippen LogP contribution in [0.5, 0.6) is 0 Å². The molecule has 2 aromatic carbocycles. The number of hydrogen-bond acceptors (Lipinski definition) is 3. The third kappa shape index (κ3) is 4.54. The van der Waals surface area contributed by atoms with Crippen LogP contribution in [0.3, 0.4) is 0 Å². The molecule has 4 nitrogen and oxygen atoms in total. The lowest BCUT2D eigenvalue weighted by atomic mass is 9.79. The Hall–Kier alpha value is -2.11. The average molecular weight is 351 g/mol. The van der Waals surface area contributed by atoms with Crippen LogP contribution in [-0.4, -0.2) is 23.1 Å². The van der Waals surface area contributed by atoms with Gasteiger partial charge in [0, 0.05) is 12.1 Å². The summed E-state index contributed by atoms with van der Waals surface area (Å²) in [7, 11) is -1.47. The lowest BCUT2D eigenvalue weighted by Crippen LogP contribution is -2.30. The average Bonchev–Trinajstić information content (AvgIpc) is 2.67. The second-order valence-corrected chi connectivity index (χ2v) is 7.20. The molecule has 1 saturated carbocycles. The van der Waals surface area contributed by atoms with Crippen LogP contribution in [0.15, 0.2) is 42.5 Å². The SMILES string of the molecule is Cc1cc(B(O)O)ccc1CNC(=O)c1ccc(C2CCCCC2)cc1. The van der Waals surface area contributed by atoms with E-state index in [1.807, 2.05) is 25.1 Å². The molecule has 1 fully saturated rings. The van der Waals surface area contributed by atoms with Gasteiger partial charge in [0.2, 0.25) is 0 Å². The molecule has 26 heavy (non-hydrogen) atoms. The van der Waals surface area contributed by atoms with E-state index >= 15 is 0 Å². The quantitative estimate of drug-likeness (QED) is 0.726. The first-order chi connectivity index (χ1) is 12.5. The molecule has 0 unspecified atom stereocenters. The van der Waals surface area contributed by atoms with Crippen LogP contribution in [-0.2, 0) is 6.54 Å². The Kier molecular flexibility index (Phi) is 6.12. The van der Waals surface area contributed by atoms with Gasteiger partial charge >= 0.3 is 7.12 Å². The molecule has 0 saturated heterocycles. The lowest BCUT2D eigenvalue weighted by Gasteiger charge is -2.22. The van der Waals surface area contributed by atoms with Crippen LogP contribution in [0.4, 0.5) is 0 Å². The lowest BCUT2D eigenvalue weighted by molar-refractivity contribution is 0.0951. The van der Waals surface area contributed by atoms with E-state index in [9.17, 15) is 14.8 Å². The van der Waals surface area contributed by atoms with Gasteiger partial charge < -0.3 is 15.4 Å². The van der Waals surface area contributed by atoms with Gasteiger partial charge in [-0.15, -0.1) is 0 Å². The molecule has 5 heteroatoms. The highest BCUT2D eigenvalue weighted by atomic mass is 16.4. The first kappa shape index (κ1) is 18.7. The first-order valence-corrected chi connectivity index (χ1v) is 9.38. The zero-order chi connectivity index (χ0) is 18.5. The van der Waals surface area contributed by atoms with Gasteiger partial charge in [-0.1, -0.05) is 49.6 Å². The van der Waals surface area contributed by atoms with Crippen LogP contribution in [0, 0.1) is 6.92 Å². The van der Waals surface area contributed by atoms with E-state index in [4.69, 9.17) is 0 Å². The van der Waals surface area contributed by atoms with Crippen molar-refractivity contribution in [2.24, 2.45) is 0 Å². The van der Waals surface area contributed by atoms with Crippen molar-refractivity contribution in [2.45, 2.75) is 51.5 Å². The first-order valence-electron chi connectivity index (χ1n) is 9.38. The van der Waals surface area contributed by atoms with Crippen molar-refractivity contribution in [3.8, 4) is 0 Å². The Morgan fingerprint density at radius 1 is 1.08 bits per heavy atom. The number of benzene rings is 2. The smallest absolute Gasteiger partial charge is 0.423 e. The normalized spacial score (nSPS) is 14.9. The zero-order valence-electron chi connectivity index (χ0n) is 15.2. The number of carbonyl (C=O) groups excluding carboxylic acids is 1.